The molecule has 2 aromatic rings. The lowest BCUT2D eigenvalue weighted by atomic mass is 9.95. The second-order valence-corrected chi connectivity index (χ2v) is 5.19. The van der Waals surface area contributed by atoms with Crippen LogP contribution in [0.4, 0.5) is 0 Å². The summed E-state index contributed by atoms with van der Waals surface area (Å²) >= 11 is 0. The van der Waals surface area contributed by atoms with Crippen LogP contribution in [0.3, 0.4) is 0 Å². The summed E-state index contributed by atoms with van der Waals surface area (Å²) in [5.41, 5.74) is 3.03. The number of nitrogens with one attached hydrogen (secondary N) is 1. The van der Waals surface area contributed by atoms with E-state index >= 15 is 0 Å². The van der Waals surface area contributed by atoms with Crippen molar-refractivity contribution in [3.63, 3.8) is 0 Å². The van der Waals surface area contributed by atoms with Gasteiger partial charge in [0.2, 0.25) is 0 Å². The minimum absolute atomic E-state index is 0.0142. The van der Waals surface area contributed by atoms with Crippen LogP contribution < -0.4 is 0 Å². The van der Waals surface area contributed by atoms with E-state index in [0.29, 0.717) is 6.61 Å². The monoisotopic (exact) mass is 243 g/mol. The van der Waals surface area contributed by atoms with Gasteiger partial charge in [-0.2, -0.15) is 0 Å². The fourth-order valence-corrected chi connectivity index (χ4v) is 2.66. The molecule has 18 heavy (non-hydrogen) atoms. The predicted octanol–water partition coefficient (Wildman–Crippen LogP) is 3.08. The molecule has 1 fully saturated rings. The predicted molar refractivity (Wildman–Crippen MR) is 70.9 cm³/mol. The van der Waals surface area contributed by atoms with Gasteiger partial charge in [0.25, 0.3) is 0 Å². The number of carbonyl (C=O) groups excluding carboxylic acids is 1. The summed E-state index contributed by atoms with van der Waals surface area (Å²) in [6.45, 7) is 4.62. The molecule has 3 rings (SSSR count). The van der Waals surface area contributed by atoms with Crippen molar-refractivity contribution in [3.05, 3.63) is 35.5 Å². The van der Waals surface area contributed by atoms with Gasteiger partial charge in [-0.05, 0) is 31.9 Å². The third kappa shape index (κ3) is 1.85. The summed E-state index contributed by atoms with van der Waals surface area (Å²) < 4.78 is 5.48. The Kier molecular flexibility index (Phi) is 2.71. The number of aromatic amines is 1. The Morgan fingerprint density at radius 2 is 2.28 bits per heavy atom. The Balaban J connectivity index is 1.97. The van der Waals surface area contributed by atoms with E-state index in [1.54, 1.807) is 0 Å². The van der Waals surface area contributed by atoms with Gasteiger partial charge in [0, 0.05) is 28.6 Å². The minimum Gasteiger partial charge on any atom is -0.378 e. The van der Waals surface area contributed by atoms with Crippen LogP contribution >= 0.6 is 0 Å². The molecule has 0 radical (unpaired) electrons. The molecule has 2 heterocycles. The zero-order valence-electron chi connectivity index (χ0n) is 10.7. The lowest BCUT2D eigenvalue weighted by Gasteiger charge is -2.05. The Morgan fingerprint density at radius 3 is 3.00 bits per heavy atom. The largest absolute Gasteiger partial charge is 0.378 e. The second kappa shape index (κ2) is 4.25. The molecule has 0 bridgehead atoms. The second-order valence-electron chi connectivity index (χ2n) is 5.19. The van der Waals surface area contributed by atoms with Gasteiger partial charge in [0.15, 0.2) is 5.78 Å². The molecule has 0 saturated carbocycles. The van der Waals surface area contributed by atoms with Crippen LogP contribution in [0.1, 0.15) is 29.3 Å². The highest BCUT2D eigenvalue weighted by Gasteiger charge is 2.30. The van der Waals surface area contributed by atoms with E-state index in [1.807, 2.05) is 32.2 Å². The number of aromatic nitrogens is 1. The van der Waals surface area contributed by atoms with Crippen molar-refractivity contribution in [1.29, 1.82) is 0 Å². The Labute approximate surface area is 106 Å². The van der Waals surface area contributed by atoms with E-state index in [-0.39, 0.29) is 17.8 Å². The molecule has 0 amide bonds. The van der Waals surface area contributed by atoms with Gasteiger partial charge in [0.1, 0.15) is 0 Å². The maximum Gasteiger partial charge on any atom is 0.170 e. The van der Waals surface area contributed by atoms with Crippen molar-refractivity contribution in [3.8, 4) is 0 Å². The minimum atomic E-state index is 0.0142. The average molecular weight is 243 g/mol. The van der Waals surface area contributed by atoms with Crippen molar-refractivity contribution < 1.29 is 9.53 Å². The number of H-pyrrole nitrogens is 1. The number of rotatable bonds is 2. The molecule has 0 aliphatic carbocycles. The SMILES string of the molecule is Cc1ccc2c(C(=O)C3COC(C)C3)c[nH]c2c1. The number of Topliss-reactive ketones (excluding diaryl/α,β-unsaturated/α-hetero) is 1. The van der Waals surface area contributed by atoms with Crippen molar-refractivity contribution in [1.82, 2.24) is 4.98 Å². The molecule has 1 aliphatic heterocycles. The first-order valence-corrected chi connectivity index (χ1v) is 6.38. The molecule has 1 aromatic heterocycles. The first kappa shape index (κ1) is 11.5. The van der Waals surface area contributed by atoms with E-state index < -0.39 is 0 Å². The molecule has 3 heteroatoms. The summed E-state index contributed by atoms with van der Waals surface area (Å²) in [6, 6.07) is 6.13. The topological polar surface area (TPSA) is 42.1 Å². The van der Waals surface area contributed by atoms with E-state index in [0.717, 1.165) is 22.9 Å². The fraction of sp³-hybridized carbons (Fsp3) is 0.400. The van der Waals surface area contributed by atoms with Gasteiger partial charge >= 0.3 is 0 Å². The lowest BCUT2D eigenvalue weighted by Crippen LogP contribution is -2.14. The van der Waals surface area contributed by atoms with Gasteiger partial charge in [0.05, 0.1) is 12.7 Å². The van der Waals surface area contributed by atoms with Gasteiger partial charge in [-0.15, -0.1) is 0 Å². The highest BCUT2D eigenvalue weighted by Crippen LogP contribution is 2.27. The molecule has 1 saturated heterocycles. The number of aryl methyl sites for hydroxylation is 1. The molecule has 1 aliphatic rings. The molecule has 0 spiro atoms. The van der Waals surface area contributed by atoms with Gasteiger partial charge in [-0.1, -0.05) is 12.1 Å². The van der Waals surface area contributed by atoms with Crippen LogP contribution in [0.15, 0.2) is 24.4 Å². The molecule has 94 valence electrons. The van der Waals surface area contributed by atoms with Gasteiger partial charge in [-0.25, -0.2) is 0 Å². The highest BCUT2D eigenvalue weighted by atomic mass is 16.5. The number of hydrogen-bond donors (Lipinski definition) is 1. The van der Waals surface area contributed by atoms with E-state index in [1.165, 1.54) is 5.56 Å². The number of fused-ring (bicyclic) bond motifs is 1. The summed E-state index contributed by atoms with van der Waals surface area (Å²) in [5, 5.41) is 1.02. The fourth-order valence-electron chi connectivity index (χ4n) is 2.66. The summed E-state index contributed by atoms with van der Waals surface area (Å²) in [7, 11) is 0. The standard InChI is InChI=1S/C15H17NO2/c1-9-3-4-12-13(7-16-14(12)5-9)15(17)11-6-10(2)18-8-11/h3-5,7,10-11,16H,6,8H2,1-2H3. The number of ketones is 1. The Bertz CT molecular complexity index is 600. The van der Waals surface area contributed by atoms with Crippen LogP contribution in [0.2, 0.25) is 0 Å². The molecule has 1 N–H and O–H groups in total. The maximum atomic E-state index is 12.5. The first-order chi connectivity index (χ1) is 8.65. The highest BCUT2D eigenvalue weighted by molar-refractivity contribution is 6.09. The normalized spacial score (nSPS) is 23.7. The van der Waals surface area contributed by atoms with Crippen molar-refractivity contribution in [2.24, 2.45) is 5.92 Å². The Morgan fingerprint density at radius 1 is 1.44 bits per heavy atom. The van der Waals surface area contributed by atoms with Gasteiger partial charge < -0.3 is 9.72 Å². The third-order valence-corrected chi connectivity index (χ3v) is 3.67. The van der Waals surface area contributed by atoms with E-state index in [4.69, 9.17) is 4.74 Å². The van der Waals surface area contributed by atoms with Crippen molar-refractivity contribution in [2.75, 3.05) is 6.61 Å². The quantitative estimate of drug-likeness (QED) is 0.823. The van der Waals surface area contributed by atoms with E-state index in [2.05, 4.69) is 11.1 Å². The summed E-state index contributed by atoms with van der Waals surface area (Å²) in [6.07, 6.45) is 2.86. The first-order valence-electron chi connectivity index (χ1n) is 6.38. The molecule has 2 atom stereocenters. The van der Waals surface area contributed by atoms with Crippen molar-refractivity contribution >= 4 is 16.7 Å². The summed E-state index contributed by atoms with van der Waals surface area (Å²) in [4.78, 5) is 15.6. The zero-order valence-corrected chi connectivity index (χ0v) is 10.7. The lowest BCUT2D eigenvalue weighted by molar-refractivity contribution is 0.0879. The van der Waals surface area contributed by atoms with Crippen LogP contribution in [-0.2, 0) is 4.74 Å². The Hall–Kier alpha value is -1.61. The van der Waals surface area contributed by atoms with Crippen molar-refractivity contribution in [2.45, 2.75) is 26.4 Å². The number of hydrogen-bond acceptors (Lipinski definition) is 2. The third-order valence-electron chi connectivity index (χ3n) is 3.67. The maximum absolute atomic E-state index is 12.5. The zero-order chi connectivity index (χ0) is 12.7. The van der Waals surface area contributed by atoms with Crippen LogP contribution in [-0.4, -0.2) is 23.5 Å². The van der Waals surface area contributed by atoms with Crippen LogP contribution in [0.25, 0.3) is 10.9 Å². The number of carbonyl (C=O) groups is 1. The van der Waals surface area contributed by atoms with Crippen LogP contribution in [0.5, 0.6) is 0 Å². The number of benzene rings is 1. The molecule has 3 nitrogen and oxygen atoms in total. The molecular weight excluding hydrogens is 226 g/mol. The van der Waals surface area contributed by atoms with E-state index in [9.17, 15) is 4.79 Å². The van der Waals surface area contributed by atoms with Gasteiger partial charge in [-0.3, -0.25) is 4.79 Å². The summed E-state index contributed by atoms with van der Waals surface area (Å²) in [5.74, 6) is 0.217. The number of ether oxygens (including phenoxy) is 1. The molecule has 2 unspecified atom stereocenters. The van der Waals surface area contributed by atoms with Crippen LogP contribution in [0, 0.1) is 12.8 Å². The smallest absolute Gasteiger partial charge is 0.170 e. The molecular formula is C15H17NO2. The molecule has 1 aromatic carbocycles. The average Bonchev–Trinajstić information content (AvgIpc) is 2.94.